The largest absolute Gasteiger partial charge is 0.460 e. The molecule has 0 amide bonds. The van der Waals surface area contributed by atoms with Crippen molar-refractivity contribution in [3.8, 4) is 0 Å². The van der Waals surface area contributed by atoms with Gasteiger partial charge in [-0.3, -0.25) is 9.97 Å². The number of imidazole rings is 1. The average Bonchev–Trinajstić information content (AvgIpc) is 3.34. The van der Waals surface area contributed by atoms with Crippen LogP contribution in [0.5, 0.6) is 0 Å². The predicted octanol–water partition coefficient (Wildman–Crippen LogP) is 4.49. The summed E-state index contributed by atoms with van der Waals surface area (Å²) in [6.45, 7) is 0. The van der Waals surface area contributed by atoms with E-state index in [-0.39, 0.29) is 0 Å². The van der Waals surface area contributed by atoms with E-state index >= 15 is 0 Å². The minimum atomic E-state index is 0.677. The lowest BCUT2D eigenvalue weighted by Gasteiger charge is -1.94. The predicted molar refractivity (Wildman–Crippen MR) is 101 cm³/mol. The Bertz CT molecular complexity index is 1350. The van der Waals surface area contributed by atoms with Crippen molar-refractivity contribution >= 4 is 43.8 Å². The Hall–Kier alpha value is -3.80. The van der Waals surface area contributed by atoms with Crippen LogP contribution in [0, 0.1) is 0 Å². The fourth-order valence-corrected chi connectivity index (χ4v) is 2.76. The van der Waals surface area contributed by atoms with E-state index in [1.54, 1.807) is 12.5 Å². The van der Waals surface area contributed by atoms with Crippen LogP contribution in [0.1, 0.15) is 0 Å². The quantitative estimate of drug-likeness (QED) is 0.450. The summed E-state index contributed by atoms with van der Waals surface area (Å²) in [5, 5.41) is 2.98. The van der Waals surface area contributed by atoms with Crippen molar-refractivity contribution in [3.63, 3.8) is 0 Å². The van der Waals surface area contributed by atoms with Crippen molar-refractivity contribution in [1.29, 1.82) is 0 Å². The first-order valence-electron chi connectivity index (χ1n) is 8.12. The highest BCUT2D eigenvalue weighted by Crippen LogP contribution is 2.17. The summed E-state index contributed by atoms with van der Waals surface area (Å²) in [6.07, 6.45) is 10.5. The van der Waals surface area contributed by atoms with E-state index < -0.39 is 0 Å². The third-order valence-corrected chi connectivity index (χ3v) is 4.24. The van der Waals surface area contributed by atoms with Gasteiger partial charge in [0.05, 0.1) is 16.6 Å². The van der Waals surface area contributed by atoms with E-state index in [4.69, 9.17) is 4.42 Å². The minimum Gasteiger partial charge on any atom is -0.460 e. The number of hydrogen-bond donors (Lipinski definition) is 1. The van der Waals surface area contributed by atoms with Gasteiger partial charge in [-0.2, -0.15) is 0 Å². The Balaban J connectivity index is 1.92. The molecule has 0 fully saturated rings. The molecule has 6 heteroatoms. The first-order valence-corrected chi connectivity index (χ1v) is 8.12. The number of hydrogen-bond acceptors (Lipinski definition) is 5. The minimum absolute atomic E-state index is 0.677. The highest BCUT2D eigenvalue weighted by atomic mass is 16.3. The molecule has 0 spiro atoms. The van der Waals surface area contributed by atoms with Crippen LogP contribution in [0.3, 0.4) is 0 Å². The van der Waals surface area contributed by atoms with Crippen LogP contribution in [0.4, 0.5) is 0 Å². The molecule has 6 nitrogen and oxygen atoms in total. The van der Waals surface area contributed by atoms with Gasteiger partial charge >= 0.3 is 0 Å². The monoisotopic (exact) mass is 339 g/mol. The Morgan fingerprint density at radius 1 is 0.769 bits per heavy atom. The van der Waals surface area contributed by atoms with Crippen LogP contribution < -0.4 is 0 Å². The van der Waals surface area contributed by atoms with Crippen LogP contribution in [0.25, 0.3) is 43.8 Å². The van der Waals surface area contributed by atoms with Crippen LogP contribution in [0.2, 0.25) is 0 Å². The van der Waals surface area contributed by atoms with E-state index in [1.807, 2.05) is 55.0 Å². The van der Waals surface area contributed by atoms with E-state index in [0.29, 0.717) is 5.52 Å². The lowest BCUT2D eigenvalue weighted by molar-refractivity contribution is 0.608. The van der Waals surface area contributed by atoms with Crippen LogP contribution in [-0.2, 0) is 0 Å². The molecule has 4 heterocycles. The summed E-state index contributed by atoms with van der Waals surface area (Å²) in [7, 11) is 0. The number of nitrogens with one attached hydrogen (secondary N) is 1. The maximum absolute atomic E-state index is 5.74. The molecule has 1 N–H and O–H groups in total. The van der Waals surface area contributed by atoms with E-state index in [9.17, 15) is 0 Å². The first kappa shape index (κ1) is 14.5. The molecule has 0 atom stereocenters. The van der Waals surface area contributed by atoms with E-state index in [2.05, 4.69) is 24.9 Å². The smallest absolute Gasteiger partial charge is 0.150 e. The van der Waals surface area contributed by atoms with Gasteiger partial charge in [0, 0.05) is 40.9 Å². The van der Waals surface area contributed by atoms with Crippen molar-refractivity contribution < 1.29 is 4.42 Å². The third-order valence-electron chi connectivity index (χ3n) is 4.24. The Morgan fingerprint density at radius 2 is 1.69 bits per heavy atom. The maximum atomic E-state index is 5.74. The second-order valence-corrected chi connectivity index (χ2v) is 5.86. The van der Waals surface area contributed by atoms with Crippen LogP contribution in [0.15, 0.2) is 78.2 Å². The average molecular weight is 339 g/mol. The number of aromatic amines is 1. The standard InChI is InChI=1S/C20H13N5O/c1-2-16-19(25-12-24-16)11-26-20-4-3-17(20)23-10-14-5-6-22-18(14)7-15-9-21-8-13(1)15/h1-12,23H. The number of rotatable bonds is 0. The van der Waals surface area contributed by atoms with Crippen molar-refractivity contribution in [2.75, 3.05) is 0 Å². The molecule has 0 radical (unpaired) electrons. The van der Waals surface area contributed by atoms with Gasteiger partial charge in [-0.1, -0.05) is 6.07 Å². The molecular weight excluding hydrogens is 326 g/mol. The Labute approximate surface area is 147 Å². The number of aromatic nitrogens is 5. The molecule has 0 aliphatic rings. The molecule has 0 saturated heterocycles. The highest BCUT2D eigenvalue weighted by molar-refractivity contribution is 5.89. The topological polar surface area (TPSA) is 80.5 Å². The number of H-pyrrole nitrogens is 1. The van der Waals surface area contributed by atoms with Gasteiger partial charge in [0.2, 0.25) is 0 Å². The van der Waals surface area contributed by atoms with Crippen molar-refractivity contribution in [3.05, 3.63) is 73.8 Å². The van der Waals surface area contributed by atoms with Crippen molar-refractivity contribution in [2.45, 2.75) is 0 Å². The number of nitrogens with zero attached hydrogens (tertiary/aromatic N) is 4. The Kier molecular flexibility index (Phi) is 3.31. The first-order chi connectivity index (χ1) is 12.9. The van der Waals surface area contributed by atoms with Gasteiger partial charge in [-0.05, 0) is 30.3 Å². The van der Waals surface area contributed by atoms with Gasteiger partial charge < -0.3 is 9.40 Å². The zero-order chi connectivity index (χ0) is 17.3. The summed E-state index contributed by atoms with van der Waals surface area (Å²) >= 11 is 0. The molecule has 0 aliphatic heterocycles. The maximum Gasteiger partial charge on any atom is 0.150 e. The van der Waals surface area contributed by atoms with Crippen LogP contribution >= 0.6 is 0 Å². The zero-order valence-corrected chi connectivity index (χ0v) is 13.6. The fourth-order valence-electron chi connectivity index (χ4n) is 2.76. The number of fused-ring (bicyclic) bond motifs is 4. The highest BCUT2D eigenvalue weighted by Gasteiger charge is 1.98. The molecule has 124 valence electrons. The molecule has 26 heavy (non-hydrogen) atoms. The van der Waals surface area contributed by atoms with Gasteiger partial charge in [-0.15, -0.1) is 0 Å². The summed E-state index contributed by atoms with van der Waals surface area (Å²) in [5.74, 6) is 0. The molecule has 1 aromatic carbocycles. The van der Waals surface area contributed by atoms with Gasteiger partial charge in [-0.25, -0.2) is 9.97 Å². The van der Waals surface area contributed by atoms with Gasteiger partial charge in [0.25, 0.3) is 0 Å². The lowest BCUT2D eigenvalue weighted by atomic mass is 10.2. The molecule has 4 aromatic heterocycles. The summed E-state index contributed by atoms with van der Waals surface area (Å²) in [5.41, 5.74) is 3.94. The fraction of sp³-hybridized carbons (Fsp3) is 0. The molecule has 5 rings (SSSR count). The Morgan fingerprint density at radius 3 is 2.62 bits per heavy atom. The lowest BCUT2D eigenvalue weighted by Crippen LogP contribution is -1.75. The van der Waals surface area contributed by atoms with Crippen molar-refractivity contribution in [1.82, 2.24) is 24.9 Å². The van der Waals surface area contributed by atoms with E-state index in [0.717, 1.165) is 38.3 Å². The molecule has 0 bridgehead atoms. The normalized spacial score (nSPS) is 11.1. The van der Waals surface area contributed by atoms with Gasteiger partial charge in [0.15, 0.2) is 0 Å². The second kappa shape index (κ2) is 5.93. The summed E-state index contributed by atoms with van der Waals surface area (Å²) in [4.78, 5) is 20.5. The SMILES string of the molecule is c1cc2c[nH]c3ccc3occ3ncnc3ccc3cncc3cc2n1. The zero-order valence-electron chi connectivity index (χ0n) is 13.6. The summed E-state index contributed by atoms with van der Waals surface area (Å²) in [6, 6.07) is 11.7. The molecule has 0 aliphatic carbocycles. The molecule has 0 saturated carbocycles. The second-order valence-electron chi connectivity index (χ2n) is 5.86. The molecule has 5 aromatic rings. The molecular formula is C20H13N5O. The summed E-state index contributed by atoms with van der Waals surface area (Å²) < 4.78 is 5.74. The van der Waals surface area contributed by atoms with E-state index in [1.165, 1.54) is 6.33 Å². The molecule has 0 unspecified atom stereocenters. The van der Waals surface area contributed by atoms with Crippen LogP contribution in [-0.4, -0.2) is 24.9 Å². The third kappa shape index (κ3) is 2.53. The van der Waals surface area contributed by atoms with Gasteiger partial charge in [0.1, 0.15) is 23.7 Å². The van der Waals surface area contributed by atoms with Crippen molar-refractivity contribution in [2.24, 2.45) is 0 Å².